The number of hydrogen-bond acceptors (Lipinski definition) is 4. The first-order chi connectivity index (χ1) is 14.1. The minimum atomic E-state index is -0.318. The fraction of sp³-hybridized carbons (Fsp3) is 0.318. The van der Waals surface area contributed by atoms with E-state index >= 15 is 0 Å². The van der Waals surface area contributed by atoms with E-state index in [0.717, 1.165) is 52.3 Å². The number of benzene rings is 2. The third-order valence-electron chi connectivity index (χ3n) is 4.65. The Bertz CT molecular complexity index is 945. The molecule has 1 atom stereocenters. The van der Waals surface area contributed by atoms with Crippen LogP contribution in [0.2, 0.25) is 5.02 Å². The highest BCUT2D eigenvalue weighted by Gasteiger charge is 2.24. The summed E-state index contributed by atoms with van der Waals surface area (Å²) in [6.45, 7) is 2.13. The quantitative estimate of drug-likeness (QED) is 0.441. The van der Waals surface area contributed by atoms with E-state index in [-0.39, 0.29) is 18.2 Å². The average molecular weight is 429 g/mol. The molecule has 3 aromatic rings. The van der Waals surface area contributed by atoms with Crippen LogP contribution in [0.3, 0.4) is 0 Å². The van der Waals surface area contributed by atoms with Crippen LogP contribution >= 0.6 is 23.4 Å². The number of carbonyl (C=O) groups excluding carboxylic acids is 1. The van der Waals surface area contributed by atoms with Crippen LogP contribution in [0.15, 0.2) is 59.8 Å². The minimum absolute atomic E-state index is 0.0549. The molecule has 0 bridgehead atoms. The van der Waals surface area contributed by atoms with Crippen LogP contribution < -0.4 is 5.73 Å². The Morgan fingerprint density at radius 1 is 1.17 bits per heavy atom. The minimum Gasteiger partial charge on any atom is -0.370 e. The molecule has 0 aliphatic rings. The molecule has 0 aliphatic carbocycles. The van der Waals surface area contributed by atoms with Crippen LogP contribution in [-0.2, 0) is 10.5 Å². The summed E-state index contributed by atoms with van der Waals surface area (Å²) in [4.78, 5) is 11.7. The number of thioether (sulfide) groups is 1. The molecule has 0 spiro atoms. The molecule has 0 saturated heterocycles. The average Bonchev–Trinajstić information content (AvgIpc) is 3.14. The first-order valence-electron chi connectivity index (χ1n) is 9.74. The van der Waals surface area contributed by atoms with Gasteiger partial charge in [0.2, 0.25) is 5.91 Å². The van der Waals surface area contributed by atoms with Crippen molar-refractivity contribution in [3.63, 3.8) is 0 Å². The van der Waals surface area contributed by atoms with Crippen LogP contribution in [0.25, 0.3) is 5.69 Å². The number of aromatic nitrogens is 3. The number of halogens is 1. The molecule has 0 saturated carbocycles. The molecule has 5 nitrogen and oxygen atoms in total. The number of hydrogen-bond donors (Lipinski definition) is 1. The van der Waals surface area contributed by atoms with E-state index in [2.05, 4.69) is 21.7 Å². The Morgan fingerprint density at radius 2 is 1.97 bits per heavy atom. The standard InChI is InChI=1S/C22H25ClN4OS/c1-2-3-9-17(14-20(24)28)21-25-26-22(27(21)19-11-5-4-6-12-19)29-15-16-8-7-10-18(23)13-16/h4-8,10-13,17H,2-3,9,14-15H2,1H3,(H2,24,28). The van der Waals surface area contributed by atoms with E-state index in [4.69, 9.17) is 17.3 Å². The second-order valence-electron chi connectivity index (χ2n) is 6.94. The van der Waals surface area contributed by atoms with Crippen molar-refractivity contribution in [3.8, 4) is 5.69 Å². The van der Waals surface area contributed by atoms with Crippen molar-refractivity contribution >= 4 is 29.3 Å². The van der Waals surface area contributed by atoms with Crippen molar-refractivity contribution < 1.29 is 4.79 Å². The Morgan fingerprint density at radius 3 is 2.66 bits per heavy atom. The van der Waals surface area contributed by atoms with Crippen LogP contribution in [-0.4, -0.2) is 20.7 Å². The molecule has 1 aromatic heterocycles. The number of para-hydroxylation sites is 1. The van der Waals surface area contributed by atoms with E-state index in [0.29, 0.717) is 0 Å². The van der Waals surface area contributed by atoms with Gasteiger partial charge in [0.15, 0.2) is 5.16 Å². The SMILES string of the molecule is CCCCC(CC(N)=O)c1nnc(SCc2cccc(Cl)c2)n1-c1ccccc1. The predicted octanol–water partition coefficient (Wildman–Crippen LogP) is 5.36. The maximum Gasteiger partial charge on any atom is 0.218 e. The highest BCUT2D eigenvalue weighted by molar-refractivity contribution is 7.98. The van der Waals surface area contributed by atoms with Crippen LogP contribution in [0.4, 0.5) is 0 Å². The zero-order valence-corrected chi connectivity index (χ0v) is 18.0. The van der Waals surface area contributed by atoms with Gasteiger partial charge in [0.25, 0.3) is 0 Å². The first kappa shape index (κ1) is 21.4. The molecule has 1 heterocycles. The molecule has 2 N–H and O–H groups in total. The van der Waals surface area contributed by atoms with Gasteiger partial charge in [-0.2, -0.15) is 0 Å². The van der Waals surface area contributed by atoms with Crippen molar-refractivity contribution in [2.24, 2.45) is 5.73 Å². The van der Waals surface area contributed by atoms with Gasteiger partial charge in [-0.05, 0) is 36.2 Å². The summed E-state index contributed by atoms with van der Waals surface area (Å²) in [6.07, 6.45) is 3.17. The zero-order chi connectivity index (χ0) is 20.6. The first-order valence-corrected chi connectivity index (χ1v) is 11.1. The maximum absolute atomic E-state index is 11.7. The normalized spacial score (nSPS) is 12.1. The fourth-order valence-corrected chi connectivity index (χ4v) is 4.36. The van der Waals surface area contributed by atoms with Gasteiger partial charge < -0.3 is 5.73 Å². The summed E-state index contributed by atoms with van der Waals surface area (Å²) >= 11 is 7.71. The van der Waals surface area contributed by atoms with Gasteiger partial charge in [0, 0.05) is 28.8 Å². The lowest BCUT2D eigenvalue weighted by Gasteiger charge is -2.17. The smallest absolute Gasteiger partial charge is 0.218 e. The summed E-state index contributed by atoms with van der Waals surface area (Å²) < 4.78 is 2.05. The highest BCUT2D eigenvalue weighted by atomic mass is 35.5. The predicted molar refractivity (Wildman–Crippen MR) is 118 cm³/mol. The van der Waals surface area contributed by atoms with Gasteiger partial charge in [-0.1, -0.05) is 73.5 Å². The Balaban J connectivity index is 1.95. The second-order valence-corrected chi connectivity index (χ2v) is 8.32. The number of rotatable bonds is 10. The summed E-state index contributed by atoms with van der Waals surface area (Å²) in [5.74, 6) is 1.14. The van der Waals surface area contributed by atoms with Crippen molar-refractivity contribution in [1.29, 1.82) is 0 Å². The van der Waals surface area contributed by atoms with Crippen LogP contribution in [0.5, 0.6) is 0 Å². The molecule has 1 unspecified atom stereocenters. The topological polar surface area (TPSA) is 73.8 Å². The molecule has 0 aliphatic heterocycles. The van der Waals surface area contributed by atoms with Crippen molar-refractivity contribution in [1.82, 2.24) is 14.8 Å². The number of unbranched alkanes of at least 4 members (excludes halogenated alkanes) is 1. The van der Waals surface area contributed by atoms with Crippen LogP contribution in [0, 0.1) is 0 Å². The molecule has 0 fully saturated rings. The van der Waals surface area contributed by atoms with Gasteiger partial charge in [-0.3, -0.25) is 9.36 Å². The summed E-state index contributed by atoms with van der Waals surface area (Å²) in [7, 11) is 0. The number of nitrogens with two attached hydrogens (primary N) is 1. The summed E-state index contributed by atoms with van der Waals surface area (Å²) in [5, 5.41) is 10.5. The van der Waals surface area contributed by atoms with Gasteiger partial charge in [-0.15, -0.1) is 10.2 Å². The van der Waals surface area contributed by atoms with E-state index in [1.807, 2.05) is 54.6 Å². The number of nitrogens with zero attached hydrogens (tertiary/aromatic N) is 3. The van der Waals surface area contributed by atoms with Gasteiger partial charge >= 0.3 is 0 Å². The molecule has 3 rings (SSSR count). The lowest BCUT2D eigenvalue weighted by Crippen LogP contribution is -2.18. The Hall–Kier alpha value is -2.31. The molecule has 1 amide bonds. The molecular weight excluding hydrogens is 404 g/mol. The molecule has 0 radical (unpaired) electrons. The summed E-state index contributed by atoms with van der Waals surface area (Å²) in [6, 6.07) is 17.8. The lowest BCUT2D eigenvalue weighted by molar-refractivity contribution is -0.118. The number of amides is 1. The second kappa shape index (κ2) is 10.5. The van der Waals surface area contributed by atoms with Gasteiger partial charge in [0.05, 0.1) is 0 Å². The van der Waals surface area contributed by atoms with E-state index in [9.17, 15) is 4.79 Å². The third-order valence-corrected chi connectivity index (χ3v) is 5.88. The molecule has 7 heteroatoms. The lowest BCUT2D eigenvalue weighted by atomic mass is 9.97. The van der Waals surface area contributed by atoms with E-state index < -0.39 is 0 Å². The van der Waals surface area contributed by atoms with Crippen molar-refractivity contribution in [3.05, 3.63) is 71.0 Å². The van der Waals surface area contributed by atoms with Crippen LogP contribution in [0.1, 0.15) is 49.9 Å². The number of primary amides is 1. The Kier molecular flexibility index (Phi) is 7.72. The molecule has 2 aromatic carbocycles. The summed E-state index contributed by atoms with van der Waals surface area (Å²) in [5.41, 5.74) is 7.63. The van der Waals surface area contributed by atoms with Gasteiger partial charge in [-0.25, -0.2) is 0 Å². The molecular formula is C22H25ClN4OS. The fourth-order valence-electron chi connectivity index (χ4n) is 3.25. The monoisotopic (exact) mass is 428 g/mol. The van der Waals surface area contributed by atoms with Crippen molar-refractivity contribution in [2.75, 3.05) is 0 Å². The maximum atomic E-state index is 11.7. The third kappa shape index (κ3) is 5.84. The van der Waals surface area contributed by atoms with Crippen molar-refractivity contribution in [2.45, 2.75) is 49.4 Å². The zero-order valence-electron chi connectivity index (χ0n) is 16.4. The van der Waals surface area contributed by atoms with Gasteiger partial charge in [0.1, 0.15) is 5.82 Å². The van der Waals surface area contributed by atoms with E-state index in [1.165, 1.54) is 0 Å². The Labute approximate surface area is 180 Å². The molecule has 29 heavy (non-hydrogen) atoms. The van der Waals surface area contributed by atoms with E-state index in [1.54, 1.807) is 11.8 Å². The molecule has 152 valence electrons. The highest BCUT2D eigenvalue weighted by Crippen LogP contribution is 2.32. The number of carbonyl (C=O) groups is 1. The largest absolute Gasteiger partial charge is 0.370 e.